The van der Waals surface area contributed by atoms with Crippen LogP contribution >= 0.6 is 0 Å². The molecular weight excluding hydrogens is 210 g/mol. The van der Waals surface area contributed by atoms with E-state index in [0.717, 1.165) is 13.1 Å². The maximum Gasteiger partial charge on any atom is 0.0342 e. The molecule has 0 radical (unpaired) electrons. The molecule has 1 heterocycles. The van der Waals surface area contributed by atoms with Crippen molar-refractivity contribution in [3.05, 3.63) is 35.9 Å². The first kappa shape index (κ1) is 12.6. The van der Waals surface area contributed by atoms with E-state index >= 15 is 0 Å². The number of hydrogen-bond acceptors (Lipinski definition) is 3. The summed E-state index contributed by atoms with van der Waals surface area (Å²) in [6.45, 7) is 3.44. The monoisotopic (exact) mass is 233 g/mol. The quantitative estimate of drug-likeness (QED) is 0.799. The Morgan fingerprint density at radius 1 is 1.29 bits per heavy atom. The first-order valence-corrected chi connectivity index (χ1v) is 6.44. The molecule has 3 heteroatoms. The summed E-state index contributed by atoms with van der Waals surface area (Å²) in [5.41, 5.74) is 4.90. The molecule has 1 aliphatic rings. The van der Waals surface area contributed by atoms with Crippen molar-refractivity contribution in [3.63, 3.8) is 0 Å². The van der Waals surface area contributed by atoms with Gasteiger partial charge in [0, 0.05) is 33.2 Å². The molecule has 94 valence electrons. The molecule has 1 unspecified atom stereocenters. The van der Waals surface area contributed by atoms with Gasteiger partial charge in [0.1, 0.15) is 0 Å². The molecule has 1 aromatic rings. The standard InChI is InChI=1S/C14H23N3/c1-16(2)15-14-9-6-10-17(12-14)11-13-7-4-3-5-8-13/h3-5,7-8,14-15H,6,9-12H2,1-2H3. The Balaban J connectivity index is 1.85. The molecule has 1 aliphatic heterocycles. The van der Waals surface area contributed by atoms with Crippen molar-refractivity contribution in [2.75, 3.05) is 27.2 Å². The van der Waals surface area contributed by atoms with Gasteiger partial charge in [0.2, 0.25) is 0 Å². The molecule has 0 bridgehead atoms. The predicted molar refractivity (Wildman–Crippen MR) is 71.6 cm³/mol. The van der Waals surface area contributed by atoms with Gasteiger partial charge in [0.25, 0.3) is 0 Å². The molecule has 0 aliphatic carbocycles. The van der Waals surface area contributed by atoms with E-state index < -0.39 is 0 Å². The summed E-state index contributed by atoms with van der Waals surface area (Å²) in [6.07, 6.45) is 2.57. The topological polar surface area (TPSA) is 18.5 Å². The van der Waals surface area contributed by atoms with Crippen LogP contribution in [0.4, 0.5) is 0 Å². The Kier molecular flexibility index (Phi) is 4.54. The summed E-state index contributed by atoms with van der Waals surface area (Å²) < 4.78 is 0. The first-order chi connectivity index (χ1) is 8.24. The number of piperidine rings is 1. The molecule has 0 aromatic heterocycles. The highest BCUT2D eigenvalue weighted by Gasteiger charge is 2.19. The van der Waals surface area contributed by atoms with Crippen LogP contribution in [0.2, 0.25) is 0 Å². The Bertz CT molecular complexity index is 323. The van der Waals surface area contributed by atoms with Crippen molar-refractivity contribution in [2.24, 2.45) is 0 Å². The van der Waals surface area contributed by atoms with Gasteiger partial charge in [-0.3, -0.25) is 15.3 Å². The molecule has 1 aromatic carbocycles. The average molecular weight is 233 g/mol. The lowest BCUT2D eigenvalue weighted by Crippen LogP contribution is -2.49. The number of benzene rings is 1. The van der Waals surface area contributed by atoms with Gasteiger partial charge < -0.3 is 0 Å². The van der Waals surface area contributed by atoms with Gasteiger partial charge in [-0.15, -0.1) is 0 Å². The van der Waals surface area contributed by atoms with Gasteiger partial charge in [0.05, 0.1) is 0 Å². The van der Waals surface area contributed by atoms with Gasteiger partial charge in [-0.05, 0) is 24.9 Å². The summed E-state index contributed by atoms with van der Waals surface area (Å²) in [7, 11) is 4.13. The van der Waals surface area contributed by atoms with Gasteiger partial charge in [-0.25, -0.2) is 0 Å². The van der Waals surface area contributed by atoms with E-state index in [4.69, 9.17) is 0 Å². The summed E-state index contributed by atoms with van der Waals surface area (Å²) in [6, 6.07) is 11.3. The molecule has 0 spiro atoms. The van der Waals surface area contributed by atoms with Crippen molar-refractivity contribution < 1.29 is 0 Å². The number of likely N-dealkylation sites (tertiary alicyclic amines) is 1. The smallest absolute Gasteiger partial charge is 0.0342 e. The van der Waals surface area contributed by atoms with E-state index in [0.29, 0.717) is 6.04 Å². The number of hydrazine groups is 1. The van der Waals surface area contributed by atoms with Crippen LogP contribution < -0.4 is 5.43 Å². The van der Waals surface area contributed by atoms with Crippen LogP contribution in [-0.2, 0) is 6.54 Å². The highest BCUT2D eigenvalue weighted by Crippen LogP contribution is 2.13. The lowest BCUT2D eigenvalue weighted by molar-refractivity contribution is 0.134. The van der Waals surface area contributed by atoms with Crippen molar-refractivity contribution in [3.8, 4) is 0 Å². The van der Waals surface area contributed by atoms with Crippen LogP contribution in [-0.4, -0.2) is 43.1 Å². The number of nitrogens with zero attached hydrogens (tertiary/aromatic N) is 2. The second kappa shape index (κ2) is 6.15. The Morgan fingerprint density at radius 2 is 2.06 bits per heavy atom. The Hall–Kier alpha value is -0.900. The lowest BCUT2D eigenvalue weighted by Gasteiger charge is -2.34. The fraction of sp³-hybridized carbons (Fsp3) is 0.571. The van der Waals surface area contributed by atoms with Crippen LogP contribution in [0.1, 0.15) is 18.4 Å². The summed E-state index contributed by atoms with van der Waals surface area (Å²) in [4.78, 5) is 2.54. The zero-order valence-electron chi connectivity index (χ0n) is 10.9. The molecule has 1 N–H and O–H groups in total. The summed E-state index contributed by atoms with van der Waals surface area (Å²) in [5.74, 6) is 0. The van der Waals surface area contributed by atoms with Crippen molar-refractivity contribution in [1.82, 2.24) is 15.3 Å². The van der Waals surface area contributed by atoms with Crippen molar-refractivity contribution in [2.45, 2.75) is 25.4 Å². The Labute approximate surface area is 104 Å². The number of nitrogens with one attached hydrogen (secondary N) is 1. The third-order valence-corrected chi connectivity index (χ3v) is 3.20. The maximum absolute atomic E-state index is 3.49. The number of hydrogen-bond donors (Lipinski definition) is 1. The molecule has 1 fully saturated rings. The SMILES string of the molecule is CN(C)NC1CCCN(Cc2ccccc2)C1. The highest BCUT2D eigenvalue weighted by molar-refractivity contribution is 5.14. The summed E-state index contributed by atoms with van der Waals surface area (Å²) in [5, 5.41) is 2.07. The predicted octanol–water partition coefficient (Wildman–Crippen LogP) is 1.72. The van der Waals surface area contributed by atoms with Gasteiger partial charge >= 0.3 is 0 Å². The second-order valence-electron chi connectivity index (χ2n) is 5.08. The van der Waals surface area contributed by atoms with Crippen molar-refractivity contribution in [1.29, 1.82) is 0 Å². The average Bonchev–Trinajstić information content (AvgIpc) is 2.30. The van der Waals surface area contributed by atoms with E-state index in [1.165, 1.54) is 24.9 Å². The zero-order chi connectivity index (χ0) is 12.1. The van der Waals surface area contributed by atoms with Crippen LogP contribution in [0.5, 0.6) is 0 Å². The molecule has 0 amide bonds. The second-order valence-corrected chi connectivity index (χ2v) is 5.08. The van der Waals surface area contributed by atoms with E-state index in [9.17, 15) is 0 Å². The van der Waals surface area contributed by atoms with Gasteiger partial charge in [0.15, 0.2) is 0 Å². The van der Waals surface area contributed by atoms with Gasteiger partial charge in [-0.2, -0.15) is 0 Å². The molecule has 0 saturated carbocycles. The first-order valence-electron chi connectivity index (χ1n) is 6.44. The van der Waals surface area contributed by atoms with E-state index in [1.54, 1.807) is 0 Å². The molecule has 1 atom stereocenters. The maximum atomic E-state index is 3.49. The van der Waals surface area contributed by atoms with E-state index in [1.807, 2.05) is 0 Å². The molecule has 3 nitrogen and oxygen atoms in total. The third-order valence-electron chi connectivity index (χ3n) is 3.20. The zero-order valence-corrected chi connectivity index (χ0v) is 10.9. The highest BCUT2D eigenvalue weighted by atomic mass is 15.5. The summed E-state index contributed by atoms with van der Waals surface area (Å²) >= 11 is 0. The fourth-order valence-electron chi connectivity index (χ4n) is 2.51. The minimum absolute atomic E-state index is 0.600. The normalized spacial score (nSPS) is 21.9. The largest absolute Gasteiger partial charge is 0.297 e. The van der Waals surface area contributed by atoms with E-state index in [-0.39, 0.29) is 0 Å². The molecular formula is C14H23N3. The molecule has 17 heavy (non-hydrogen) atoms. The third kappa shape index (κ3) is 4.11. The van der Waals surface area contributed by atoms with Gasteiger partial charge in [-0.1, -0.05) is 30.3 Å². The Morgan fingerprint density at radius 3 is 2.76 bits per heavy atom. The molecule has 2 rings (SSSR count). The van der Waals surface area contributed by atoms with Crippen LogP contribution in [0, 0.1) is 0 Å². The minimum atomic E-state index is 0.600. The van der Waals surface area contributed by atoms with Crippen LogP contribution in [0.25, 0.3) is 0 Å². The van der Waals surface area contributed by atoms with Crippen LogP contribution in [0.3, 0.4) is 0 Å². The minimum Gasteiger partial charge on any atom is -0.297 e. The van der Waals surface area contributed by atoms with Crippen molar-refractivity contribution >= 4 is 0 Å². The molecule has 1 saturated heterocycles. The van der Waals surface area contributed by atoms with Crippen LogP contribution in [0.15, 0.2) is 30.3 Å². The van der Waals surface area contributed by atoms with E-state index in [2.05, 4.69) is 59.8 Å². The lowest BCUT2D eigenvalue weighted by atomic mass is 10.1. The fourth-order valence-corrected chi connectivity index (χ4v) is 2.51. The number of rotatable bonds is 4.